The molecule has 0 spiro atoms. The molecular weight excluding hydrogens is 182 g/mol. The molecule has 1 aromatic carbocycles. The van der Waals surface area contributed by atoms with E-state index in [9.17, 15) is 4.79 Å². The van der Waals surface area contributed by atoms with Crippen molar-refractivity contribution in [3.63, 3.8) is 0 Å². The van der Waals surface area contributed by atoms with Crippen LogP contribution in [0.3, 0.4) is 0 Å². The number of hydrogen-bond acceptors (Lipinski definition) is 3. The lowest BCUT2D eigenvalue weighted by molar-refractivity contribution is 0.116. The fraction of sp³-hybridized carbons (Fsp3) is 0.300. The van der Waals surface area contributed by atoms with Crippen LogP contribution in [0.5, 0.6) is 5.75 Å². The Morgan fingerprint density at radius 2 is 2.07 bits per heavy atom. The van der Waals surface area contributed by atoms with Gasteiger partial charge in [-0.15, -0.1) is 0 Å². The zero-order chi connectivity index (χ0) is 10.6. The van der Waals surface area contributed by atoms with E-state index in [1.54, 1.807) is 31.2 Å². The molecule has 0 aliphatic rings. The lowest BCUT2D eigenvalue weighted by Gasteiger charge is -2.10. The van der Waals surface area contributed by atoms with Gasteiger partial charge >= 0.3 is 6.09 Å². The first-order valence-corrected chi connectivity index (χ1v) is 4.32. The summed E-state index contributed by atoms with van der Waals surface area (Å²) in [7, 11) is 0. The molecule has 0 aliphatic carbocycles. The zero-order valence-corrected chi connectivity index (χ0v) is 7.93. The van der Waals surface area contributed by atoms with Gasteiger partial charge in [-0.3, -0.25) is 0 Å². The number of carbonyl (C=O) groups excluding carboxylic acids is 1. The highest BCUT2D eigenvalue weighted by atomic mass is 16.6. The van der Waals surface area contributed by atoms with Crippen LogP contribution < -0.4 is 5.73 Å². The van der Waals surface area contributed by atoms with E-state index in [1.165, 1.54) is 0 Å². The fourth-order valence-corrected chi connectivity index (χ4v) is 1.20. The van der Waals surface area contributed by atoms with Gasteiger partial charge in [-0.1, -0.05) is 12.1 Å². The summed E-state index contributed by atoms with van der Waals surface area (Å²) in [6, 6.07) is 6.73. The Labute approximate surface area is 82.3 Å². The molecule has 0 bridgehead atoms. The first-order valence-electron chi connectivity index (χ1n) is 4.32. The van der Waals surface area contributed by atoms with E-state index in [1.807, 2.05) is 0 Å². The topological polar surface area (TPSA) is 72.6 Å². The van der Waals surface area contributed by atoms with Crippen molar-refractivity contribution >= 4 is 6.09 Å². The average Bonchev–Trinajstić information content (AvgIpc) is 2.07. The van der Waals surface area contributed by atoms with Gasteiger partial charge in [0, 0.05) is 6.42 Å². The highest BCUT2D eigenvalue weighted by Crippen LogP contribution is 2.12. The minimum absolute atomic E-state index is 0.220. The van der Waals surface area contributed by atoms with Crippen LogP contribution in [0.4, 0.5) is 4.79 Å². The first-order chi connectivity index (χ1) is 6.58. The van der Waals surface area contributed by atoms with Gasteiger partial charge in [0.15, 0.2) is 0 Å². The summed E-state index contributed by atoms with van der Waals surface area (Å²) < 4.78 is 4.76. The summed E-state index contributed by atoms with van der Waals surface area (Å²) in [5.74, 6) is 0.220. The fourth-order valence-electron chi connectivity index (χ4n) is 1.20. The Hall–Kier alpha value is -1.71. The number of ether oxygens (including phenoxy) is 1. The lowest BCUT2D eigenvalue weighted by Crippen LogP contribution is -2.21. The second kappa shape index (κ2) is 4.50. The van der Waals surface area contributed by atoms with Crippen LogP contribution >= 0.6 is 0 Å². The molecule has 0 aliphatic heterocycles. The van der Waals surface area contributed by atoms with Gasteiger partial charge in [-0.25, -0.2) is 4.79 Å². The van der Waals surface area contributed by atoms with E-state index in [-0.39, 0.29) is 11.9 Å². The molecule has 0 radical (unpaired) electrons. The molecule has 1 aromatic rings. The van der Waals surface area contributed by atoms with Crippen LogP contribution in [0.25, 0.3) is 0 Å². The van der Waals surface area contributed by atoms with E-state index >= 15 is 0 Å². The van der Waals surface area contributed by atoms with Crippen molar-refractivity contribution in [3.8, 4) is 5.75 Å². The molecular formula is C10H13NO3. The van der Waals surface area contributed by atoms with Gasteiger partial charge in [0.1, 0.15) is 11.9 Å². The molecule has 0 saturated heterocycles. The molecule has 0 heterocycles. The number of benzene rings is 1. The maximum Gasteiger partial charge on any atom is 0.404 e. The van der Waals surface area contributed by atoms with Gasteiger partial charge in [0.25, 0.3) is 0 Å². The minimum Gasteiger partial charge on any atom is -0.508 e. The summed E-state index contributed by atoms with van der Waals surface area (Å²) in [5.41, 5.74) is 5.85. The van der Waals surface area contributed by atoms with Gasteiger partial charge in [0.05, 0.1) is 0 Å². The second-order valence-electron chi connectivity index (χ2n) is 3.12. The van der Waals surface area contributed by atoms with E-state index in [0.717, 1.165) is 5.56 Å². The maximum absolute atomic E-state index is 10.4. The Morgan fingerprint density at radius 3 is 2.57 bits per heavy atom. The Balaban J connectivity index is 2.51. The van der Waals surface area contributed by atoms with Crippen LogP contribution in [0.1, 0.15) is 12.5 Å². The predicted octanol–water partition coefficient (Wildman–Crippen LogP) is 1.42. The van der Waals surface area contributed by atoms with Crippen molar-refractivity contribution in [3.05, 3.63) is 29.8 Å². The number of primary amides is 1. The number of phenolic OH excluding ortho intramolecular Hbond substituents is 1. The van der Waals surface area contributed by atoms with Crippen LogP contribution in [0, 0.1) is 0 Å². The van der Waals surface area contributed by atoms with Crippen molar-refractivity contribution in [1.29, 1.82) is 0 Å². The molecule has 14 heavy (non-hydrogen) atoms. The molecule has 76 valence electrons. The van der Waals surface area contributed by atoms with Crippen LogP contribution in [-0.2, 0) is 11.2 Å². The molecule has 0 unspecified atom stereocenters. The van der Waals surface area contributed by atoms with Crippen molar-refractivity contribution in [1.82, 2.24) is 0 Å². The van der Waals surface area contributed by atoms with Crippen LogP contribution in [0.2, 0.25) is 0 Å². The monoisotopic (exact) mass is 195 g/mol. The maximum atomic E-state index is 10.4. The smallest absolute Gasteiger partial charge is 0.404 e. The summed E-state index contributed by atoms with van der Waals surface area (Å²) in [6.07, 6.45) is -0.434. The number of aromatic hydroxyl groups is 1. The largest absolute Gasteiger partial charge is 0.508 e. The number of phenols is 1. The number of amides is 1. The molecule has 0 aromatic heterocycles. The van der Waals surface area contributed by atoms with Gasteiger partial charge in [0.2, 0.25) is 0 Å². The normalized spacial score (nSPS) is 12.1. The molecule has 3 N–H and O–H groups in total. The lowest BCUT2D eigenvalue weighted by atomic mass is 10.1. The number of nitrogens with two attached hydrogens (primary N) is 1. The van der Waals surface area contributed by atoms with E-state index in [4.69, 9.17) is 15.6 Å². The third kappa shape index (κ3) is 3.35. The summed E-state index contributed by atoms with van der Waals surface area (Å²) >= 11 is 0. The van der Waals surface area contributed by atoms with Gasteiger partial charge < -0.3 is 15.6 Å². The number of hydrogen-bond donors (Lipinski definition) is 2. The molecule has 1 atom stereocenters. The van der Waals surface area contributed by atoms with Crippen molar-refractivity contribution < 1.29 is 14.6 Å². The quantitative estimate of drug-likeness (QED) is 0.766. The minimum atomic E-state index is -0.767. The molecule has 1 amide bonds. The summed E-state index contributed by atoms with van der Waals surface area (Å²) in [6.45, 7) is 1.76. The average molecular weight is 195 g/mol. The van der Waals surface area contributed by atoms with E-state index < -0.39 is 6.09 Å². The summed E-state index contributed by atoms with van der Waals surface area (Å²) in [5, 5.41) is 9.03. The van der Waals surface area contributed by atoms with Crippen molar-refractivity contribution in [2.24, 2.45) is 5.73 Å². The third-order valence-electron chi connectivity index (χ3n) is 1.78. The van der Waals surface area contributed by atoms with Crippen LogP contribution in [0.15, 0.2) is 24.3 Å². The molecule has 4 nitrogen and oxygen atoms in total. The number of rotatable bonds is 3. The van der Waals surface area contributed by atoms with Crippen molar-refractivity contribution in [2.75, 3.05) is 0 Å². The van der Waals surface area contributed by atoms with E-state index in [0.29, 0.717) is 6.42 Å². The standard InChI is InChI=1S/C10H13NO3/c1-7(14-10(11)13)6-8-2-4-9(12)5-3-8/h2-5,7,12H,6H2,1H3,(H2,11,13)/t7-/m1/s1. The van der Waals surface area contributed by atoms with Gasteiger partial charge in [-0.05, 0) is 24.6 Å². The van der Waals surface area contributed by atoms with Crippen LogP contribution in [-0.4, -0.2) is 17.3 Å². The predicted molar refractivity (Wildman–Crippen MR) is 51.9 cm³/mol. The van der Waals surface area contributed by atoms with Gasteiger partial charge in [-0.2, -0.15) is 0 Å². The Bertz CT molecular complexity index is 308. The Morgan fingerprint density at radius 1 is 1.50 bits per heavy atom. The summed E-state index contributed by atoms with van der Waals surface area (Å²) in [4.78, 5) is 10.4. The third-order valence-corrected chi connectivity index (χ3v) is 1.78. The SMILES string of the molecule is C[C@H](Cc1ccc(O)cc1)OC(N)=O. The molecule has 0 saturated carbocycles. The first kappa shape index (κ1) is 10.4. The molecule has 4 heteroatoms. The van der Waals surface area contributed by atoms with E-state index in [2.05, 4.69) is 0 Å². The zero-order valence-electron chi connectivity index (χ0n) is 7.93. The van der Waals surface area contributed by atoms with Crippen molar-refractivity contribution in [2.45, 2.75) is 19.4 Å². The second-order valence-corrected chi connectivity index (χ2v) is 3.12. The number of carbonyl (C=O) groups is 1. The highest BCUT2D eigenvalue weighted by Gasteiger charge is 2.06. The Kier molecular flexibility index (Phi) is 3.34. The molecule has 0 fully saturated rings. The molecule has 1 rings (SSSR count). The highest BCUT2D eigenvalue weighted by molar-refractivity contribution is 5.64.